The predicted octanol–water partition coefficient (Wildman–Crippen LogP) is 3.61. The highest BCUT2D eigenvalue weighted by Crippen LogP contribution is 2.26. The second kappa shape index (κ2) is 7.65. The van der Waals surface area contributed by atoms with Gasteiger partial charge in [0.25, 0.3) is 0 Å². The van der Waals surface area contributed by atoms with Gasteiger partial charge in [0, 0.05) is 32.9 Å². The molecule has 0 aliphatic rings. The number of hydrogen-bond acceptors (Lipinski definition) is 3. The molecule has 3 heteroatoms. The molecule has 3 nitrogen and oxygen atoms in total. The normalized spacial score (nSPS) is 13.3. The van der Waals surface area contributed by atoms with Crippen LogP contribution in [-0.2, 0) is 4.74 Å². The lowest BCUT2D eigenvalue weighted by molar-refractivity contribution is 0.0117. The first-order valence-corrected chi connectivity index (χ1v) is 7.45. The minimum atomic E-state index is -0.0627. The highest BCUT2D eigenvalue weighted by Gasteiger charge is 2.20. The third kappa shape index (κ3) is 5.14. The zero-order valence-corrected chi connectivity index (χ0v) is 13.9. The summed E-state index contributed by atoms with van der Waals surface area (Å²) in [5.41, 5.74) is 2.54. The van der Waals surface area contributed by atoms with Crippen LogP contribution < -0.4 is 10.2 Å². The molecule has 20 heavy (non-hydrogen) atoms. The van der Waals surface area contributed by atoms with E-state index in [9.17, 15) is 0 Å². The van der Waals surface area contributed by atoms with Crippen LogP contribution in [0.1, 0.15) is 45.2 Å². The van der Waals surface area contributed by atoms with Crippen molar-refractivity contribution in [2.24, 2.45) is 0 Å². The maximum Gasteiger partial charge on any atom is 0.0623 e. The van der Waals surface area contributed by atoms with Gasteiger partial charge in [-0.2, -0.15) is 0 Å². The van der Waals surface area contributed by atoms with Gasteiger partial charge in [0.15, 0.2) is 0 Å². The molecule has 1 atom stereocenters. The summed E-state index contributed by atoms with van der Waals surface area (Å²) in [6.07, 6.45) is 2.11. The van der Waals surface area contributed by atoms with E-state index in [4.69, 9.17) is 4.74 Å². The summed E-state index contributed by atoms with van der Waals surface area (Å²) in [5, 5.41) is 3.59. The third-order valence-corrected chi connectivity index (χ3v) is 3.83. The van der Waals surface area contributed by atoms with Gasteiger partial charge in [-0.15, -0.1) is 0 Å². The van der Waals surface area contributed by atoms with Crippen molar-refractivity contribution >= 4 is 5.69 Å². The van der Waals surface area contributed by atoms with Gasteiger partial charge in [0.1, 0.15) is 0 Å². The van der Waals surface area contributed by atoms with Crippen LogP contribution in [0.15, 0.2) is 24.3 Å². The Kier molecular flexibility index (Phi) is 6.50. The Bertz CT molecular complexity index is 402. The molecular formula is C17H30N2O. The van der Waals surface area contributed by atoms with E-state index in [2.05, 4.69) is 69.3 Å². The molecule has 1 unspecified atom stereocenters. The predicted molar refractivity (Wildman–Crippen MR) is 87.5 cm³/mol. The van der Waals surface area contributed by atoms with Crippen LogP contribution in [0.4, 0.5) is 5.69 Å². The van der Waals surface area contributed by atoms with E-state index in [0.717, 1.165) is 19.4 Å². The summed E-state index contributed by atoms with van der Waals surface area (Å²) in [6, 6.07) is 9.14. The van der Waals surface area contributed by atoms with E-state index in [0.29, 0.717) is 6.04 Å². The molecule has 0 heterocycles. The lowest BCUT2D eigenvalue weighted by Gasteiger charge is -2.27. The number of benzene rings is 1. The Morgan fingerprint density at radius 3 is 2.55 bits per heavy atom. The molecule has 0 aromatic heterocycles. The molecule has 0 fully saturated rings. The van der Waals surface area contributed by atoms with Crippen molar-refractivity contribution in [3.8, 4) is 0 Å². The molecule has 0 spiro atoms. The van der Waals surface area contributed by atoms with E-state index in [1.807, 2.05) is 0 Å². The Morgan fingerprint density at radius 1 is 1.30 bits per heavy atom. The van der Waals surface area contributed by atoms with Crippen LogP contribution in [0.25, 0.3) is 0 Å². The van der Waals surface area contributed by atoms with Gasteiger partial charge in [-0.25, -0.2) is 0 Å². The number of nitrogens with one attached hydrogen (secondary N) is 1. The lowest BCUT2D eigenvalue weighted by atomic mass is 9.94. The van der Waals surface area contributed by atoms with Gasteiger partial charge >= 0.3 is 0 Å². The smallest absolute Gasteiger partial charge is 0.0623 e. The maximum absolute atomic E-state index is 5.53. The van der Waals surface area contributed by atoms with Crippen molar-refractivity contribution in [3.63, 3.8) is 0 Å². The molecule has 0 aliphatic heterocycles. The molecule has 0 saturated heterocycles. The first-order valence-electron chi connectivity index (χ1n) is 7.45. The minimum Gasteiger partial charge on any atom is -0.379 e. The Labute approximate surface area is 124 Å². The van der Waals surface area contributed by atoms with Gasteiger partial charge in [-0.05, 0) is 50.9 Å². The average molecular weight is 278 g/mol. The molecule has 1 aromatic carbocycles. The molecule has 114 valence electrons. The first-order chi connectivity index (χ1) is 9.39. The summed E-state index contributed by atoms with van der Waals surface area (Å²) in [6.45, 7) is 7.42. The van der Waals surface area contributed by atoms with Crippen molar-refractivity contribution in [1.29, 1.82) is 0 Å². The Balaban J connectivity index is 2.82. The number of anilines is 1. The van der Waals surface area contributed by atoms with Crippen LogP contribution in [0.5, 0.6) is 0 Å². The molecule has 0 aliphatic carbocycles. The fraction of sp³-hybridized carbons (Fsp3) is 0.647. The zero-order chi connectivity index (χ0) is 15.2. The SMILES string of the molecule is CCNC(CCC(C)(C)OC)c1cccc(N(C)C)c1. The fourth-order valence-electron chi connectivity index (χ4n) is 2.25. The standard InChI is InChI=1S/C17H30N2O/c1-7-18-16(11-12-17(2,3)20-6)14-9-8-10-15(13-14)19(4)5/h8-10,13,16,18H,7,11-12H2,1-6H3. The Hall–Kier alpha value is -1.06. The fourth-order valence-corrected chi connectivity index (χ4v) is 2.25. The second-order valence-corrected chi connectivity index (χ2v) is 6.10. The summed E-state index contributed by atoms with van der Waals surface area (Å²) < 4.78 is 5.53. The molecule has 0 amide bonds. The number of hydrogen-bond donors (Lipinski definition) is 1. The highest BCUT2D eigenvalue weighted by atomic mass is 16.5. The first kappa shape index (κ1) is 17.0. The van der Waals surface area contributed by atoms with E-state index in [1.165, 1.54) is 11.3 Å². The van der Waals surface area contributed by atoms with Crippen LogP contribution in [-0.4, -0.2) is 33.4 Å². The second-order valence-electron chi connectivity index (χ2n) is 6.10. The monoisotopic (exact) mass is 278 g/mol. The number of methoxy groups -OCH3 is 1. The molecule has 0 radical (unpaired) electrons. The topological polar surface area (TPSA) is 24.5 Å². The quantitative estimate of drug-likeness (QED) is 0.786. The van der Waals surface area contributed by atoms with Gasteiger partial charge in [0.05, 0.1) is 5.60 Å². The van der Waals surface area contributed by atoms with Crippen molar-refractivity contribution in [1.82, 2.24) is 5.32 Å². The summed E-state index contributed by atoms with van der Waals surface area (Å²) in [5.74, 6) is 0. The van der Waals surface area contributed by atoms with E-state index >= 15 is 0 Å². The number of rotatable bonds is 8. The summed E-state index contributed by atoms with van der Waals surface area (Å²) in [4.78, 5) is 2.14. The van der Waals surface area contributed by atoms with E-state index in [-0.39, 0.29) is 5.60 Å². The van der Waals surface area contributed by atoms with Gasteiger partial charge in [0.2, 0.25) is 0 Å². The van der Waals surface area contributed by atoms with Crippen molar-refractivity contribution in [2.75, 3.05) is 32.6 Å². The molecular weight excluding hydrogens is 248 g/mol. The summed E-state index contributed by atoms with van der Waals surface area (Å²) in [7, 11) is 5.94. The molecule has 0 bridgehead atoms. The van der Waals surface area contributed by atoms with Gasteiger partial charge in [-0.3, -0.25) is 0 Å². The van der Waals surface area contributed by atoms with Crippen LogP contribution in [0, 0.1) is 0 Å². The van der Waals surface area contributed by atoms with Gasteiger partial charge < -0.3 is 15.0 Å². The van der Waals surface area contributed by atoms with E-state index < -0.39 is 0 Å². The third-order valence-electron chi connectivity index (χ3n) is 3.83. The molecule has 1 rings (SSSR count). The summed E-state index contributed by atoms with van der Waals surface area (Å²) >= 11 is 0. The number of nitrogens with zero attached hydrogens (tertiary/aromatic N) is 1. The van der Waals surface area contributed by atoms with Crippen molar-refractivity contribution in [2.45, 2.75) is 45.3 Å². The van der Waals surface area contributed by atoms with Crippen LogP contribution >= 0.6 is 0 Å². The maximum atomic E-state index is 5.53. The van der Waals surface area contributed by atoms with Crippen LogP contribution in [0.2, 0.25) is 0 Å². The van der Waals surface area contributed by atoms with Crippen molar-refractivity contribution in [3.05, 3.63) is 29.8 Å². The number of ether oxygens (including phenoxy) is 1. The average Bonchev–Trinajstić information content (AvgIpc) is 2.43. The minimum absolute atomic E-state index is 0.0627. The van der Waals surface area contributed by atoms with Gasteiger partial charge in [-0.1, -0.05) is 19.1 Å². The molecule has 1 aromatic rings. The van der Waals surface area contributed by atoms with Crippen molar-refractivity contribution < 1.29 is 4.74 Å². The molecule has 1 N–H and O–H groups in total. The van der Waals surface area contributed by atoms with E-state index in [1.54, 1.807) is 7.11 Å². The zero-order valence-electron chi connectivity index (χ0n) is 13.9. The highest BCUT2D eigenvalue weighted by molar-refractivity contribution is 5.47. The van der Waals surface area contributed by atoms with Crippen LogP contribution in [0.3, 0.4) is 0 Å². The lowest BCUT2D eigenvalue weighted by Crippen LogP contribution is -2.27. The largest absolute Gasteiger partial charge is 0.379 e. The Morgan fingerprint density at radius 2 is 2.00 bits per heavy atom. The molecule has 0 saturated carbocycles.